The summed E-state index contributed by atoms with van der Waals surface area (Å²) in [6, 6.07) is 9.20. The van der Waals surface area contributed by atoms with Gasteiger partial charge in [-0.2, -0.15) is 0 Å². The molecule has 0 aliphatic rings. The maximum atomic E-state index is 12.6. The van der Waals surface area contributed by atoms with Gasteiger partial charge in [-0.25, -0.2) is 4.79 Å². The minimum atomic E-state index is -0.568. The van der Waals surface area contributed by atoms with Crippen molar-refractivity contribution in [3.63, 3.8) is 0 Å². The fourth-order valence-corrected chi connectivity index (χ4v) is 3.07. The third kappa shape index (κ3) is 7.89. The Balaban J connectivity index is 2.85. The van der Waals surface area contributed by atoms with Gasteiger partial charge in [-0.3, -0.25) is 4.79 Å². The molecule has 1 rings (SSSR count). The van der Waals surface area contributed by atoms with Crippen LogP contribution in [-0.2, 0) is 25.6 Å². The lowest BCUT2D eigenvalue weighted by Crippen LogP contribution is -2.50. The molecule has 6 nitrogen and oxygen atoms in total. The van der Waals surface area contributed by atoms with Gasteiger partial charge in [-0.05, 0) is 32.3 Å². The van der Waals surface area contributed by atoms with Crippen molar-refractivity contribution in [3.8, 4) is 0 Å². The van der Waals surface area contributed by atoms with Crippen LogP contribution in [0.2, 0.25) is 0 Å². The van der Waals surface area contributed by atoms with Crippen molar-refractivity contribution in [2.24, 2.45) is 5.92 Å². The van der Waals surface area contributed by atoms with Crippen LogP contribution >= 0.6 is 0 Å². The summed E-state index contributed by atoms with van der Waals surface area (Å²) in [4.78, 5) is 26.5. The first-order valence-electron chi connectivity index (χ1n) is 9.77. The average Bonchev–Trinajstić information content (AvgIpc) is 2.64. The van der Waals surface area contributed by atoms with Crippen LogP contribution in [-0.4, -0.2) is 48.9 Å². The Kier molecular flexibility index (Phi) is 9.46. The summed E-state index contributed by atoms with van der Waals surface area (Å²) in [6.45, 7) is 9.75. The average molecular weight is 394 g/mol. The van der Waals surface area contributed by atoms with E-state index in [1.54, 1.807) is 14.2 Å². The van der Waals surface area contributed by atoms with Gasteiger partial charge in [-0.15, -0.1) is 0 Å². The molecular weight excluding hydrogens is 358 g/mol. The molecule has 0 unspecified atom stereocenters. The van der Waals surface area contributed by atoms with E-state index in [-0.39, 0.29) is 31.0 Å². The Morgan fingerprint density at radius 2 is 1.75 bits per heavy atom. The van der Waals surface area contributed by atoms with Crippen LogP contribution in [0, 0.1) is 5.92 Å². The third-order valence-corrected chi connectivity index (χ3v) is 4.64. The lowest BCUT2D eigenvalue weighted by atomic mass is 9.91. The van der Waals surface area contributed by atoms with Crippen molar-refractivity contribution in [1.82, 2.24) is 4.90 Å². The van der Waals surface area contributed by atoms with Crippen LogP contribution in [0.1, 0.15) is 53.0 Å². The van der Waals surface area contributed by atoms with Crippen LogP contribution in [0.5, 0.6) is 0 Å². The highest BCUT2D eigenvalue weighted by Gasteiger charge is 2.35. The number of carbonyl (C=O) groups is 2. The topological polar surface area (TPSA) is 65.1 Å². The first-order chi connectivity index (χ1) is 13.1. The number of esters is 1. The molecule has 0 aliphatic carbocycles. The van der Waals surface area contributed by atoms with Gasteiger partial charge >= 0.3 is 12.1 Å². The first kappa shape index (κ1) is 24.0. The van der Waals surface area contributed by atoms with Crippen molar-refractivity contribution in [2.45, 2.75) is 71.8 Å². The zero-order valence-corrected chi connectivity index (χ0v) is 18.2. The summed E-state index contributed by atoms with van der Waals surface area (Å²) in [6.07, 6.45) is -0.0340. The molecule has 1 aromatic rings. The number of amides is 1. The normalized spacial score (nSPS) is 14.7. The molecule has 0 spiro atoms. The molecule has 6 heteroatoms. The van der Waals surface area contributed by atoms with Gasteiger partial charge in [0.15, 0.2) is 0 Å². The standard InChI is InChI=1S/C22H35NO5/c1-8-16(2)20(18(26-7)14-19(24)28-22(3,4)5)23(6)21(25)27-15-17-12-10-9-11-13-17/h9-13,16,18,20H,8,14-15H2,1-7H3/t16-,18-,20+/m1/s1. The second-order valence-corrected chi connectivity index (χ2v) is 8.09. The molecule has 1 aromatic carbocycles. The predicted molar refractivity (Wildman–Crippen MR) is 109 cm³/mol. The Hall–Kier alpha value is -2.08. The van der Waals surface area contributed by atoms with Gasteiger partial charge < -0.3 is 19.1 Å². The van der Waals surface area contributed by atoms with E-state index in [4.69, 9.17) is 14.2 Å². The van der Waals surface area contributed by atoms with Crippen molar-refractivity contribution in [3.05, 3.63) is 35.9 Å². The molecule has 3 atom stereocenters. The monoisotopic (exact) mass is 393 g/mol. The molecule has 0 N–H and O–H groups in total. The molecular formula is C22H35NO5. The SMILES string of the molecule is CC[C@@H](C)[C@@H]([C@@H](CC(=O)OC(C)(C)C)OC)N(C)C(=O)OCc1ccccc1. The van der Waals surface area contributed by atoms with Gasteiger partial charge in [0, 0.05) is 14.2 Å². The zero-order valence-electron chi connectivity index (χ0n) is 18.2. The van der Waals surface area contributed by atoms with E-state index in [0.717, 1.165) is 12.0 Å². The van der Waals surface area contributed by atoms with Crippen LogP contribution in [0.15, 0.2) is 30.3 Å². The molecule has 0 saturated carbocycles. The summed E-state index contributed by atoms with van der Waals surface area (Å²) in [7, 11) is 3.23. The summed E-state index contributed by atoms with van der Waals surface area (Å²) < 4.78 is 16.5. The molecule has 0 aromatic heterocycles. The van der Waals surface area contributed by atoms with E-state index in [0.29, 0.717) is 0 Å². The summed E-state index contributed by atoms with van der Waals surface area (Å²) in [5.41, 5.74) is 0.350. The first-order valence-corrected chi connectivity index (χ1v) is 9.77. The molecule has 28 heavy (non-hydrogen) atoms. The number of likely N-dealkylation sites (N-methyl/N-ethyl adjacent to an activating group) is 1. The smallest absolute Gasteiger partial charge is 0.410 e. The van der Waals surface area contributed by atoms with Gasteiger partial charge in [0.05, 0.1) is 18.6 Å². The molecule has 1 amide bonds. The highest BCUT2D eigenvalue weighted by Crippen LogP contribution is 2.23. The molecule has 0 saturated heterocycles. The lowest BCUT2D eigenvalue weighted by molar-refractivity contribution is -0.159. The molecule has 0 heterocycles. The van der Waals surface area contributed by atoms with Gasteiger partial charge in [-0.1, -0.05) is 50.6 Å². The van der Waals surface area contributed by atoms with E-state index in [2.05, 4.69) is 0 Å². The quantitative estimate of drug-likeness (QED) is 0.581. The highest BCUT2D eigenvalue weighted by molar-refractivity contribution is 5.71. The third-order valence-electron chi connectivity index (χ3n) is 4.64. The zero-order chi connectivity index (χ0) is 21.3. The molecule has 0 bridgehead atoms. The largest absolute Gasteiger partial charge is 0.460 e. The number of hydrogen-bond acceptors (Lipinski definition) is 5. The molecule has 0 fully saturated rings. The Morgan fingerprint density at radius 1 is 1.14 bits per heavy atom. The van der Waals surface area contributed by atoms with Gasteiger partial charge in [0.2, 0.25) is 0 Å². The second-order valence-electron chi connectivity index (χ2n) is 8.09. The van der Waals surface area contributed by atoms with E-state index < -0.39 is 17.8 Å². The van der Waals surface area contributed by atoms with Crippen LogP contribution in [0.3, 0.4) is 0 Å². The van der Waals surface area contributed by atoms with Crippen LogP contribution in [0.25, 0.3) is 0 Å². The number of benzene rings is 1. The van der Waals surface area contributed by atoms with E-state index in [1.807, 2.05) is 65.0 Å². The van der Waals surface area contributed by atoms with Crippen molar-refractivity contribution in [2.75, 3.05) is 14.2 Å². The Bertz CT molecular complexity index is 611. The molecule has 0 aliphatic heterocycles. The Morgan fingerprint density at radius 3 is 2.25 bits per heavy atom. The fourth-order valence-electron chi connectivity index (χ4n) is 3.07. The number of nitrogens with zero attached hydrogens (tertiary/aromatic N) is 1. The van der Waals surface area contributed by atoms with Gasteiger partial charge in [0.25, 0.3) is 0 Å². The number of methoxy groups -OCH3 is 1. The minimum Gasteiger partial charge on any atom is -0.460 e. The number of rotatable bonds is 9. The Labute approximate surface area is 169 Å². The highest BCUT2D eigenvalue weighted by atomic mass is 16.6. The fraction of sp³-hybridized carbons (Fsp3) is 0.636. The number of carbonyl (C=O) groups excluding carboxylic acids is 2. The van der Waals surface area contributed by atoms with E-state index in [9.17, 15) is 9.59 Å². The van der Waals surface area contributed by atoms with Crippen molar-refractivity contribution < 1.29 is 23.8 Å². The molecule has 0 radical (unpaired) electrons. The van der Waals surface area contributed by atoms with Crippen LogP contribution in [0.4, 0.5) is 4.79 Å². The van der Waals surface area contributed by atoms with Crippen molar-refractivity contribution >= 4 is 12.1 Å². The minimum absolute atomic E-state index is 0.0685. The van der Waals surface area contributed by atoms with Crippen molar-refractivity contribution in [1.29, 1.82) is 0 Å². The van der Waals surface area contributed by atoms with E-state index >= 15 is 0 Å². The van der Waals surface area contributed by atoms with E-state index in [1.165, 1.54) is 4.90 Å². The van der Waals surface area contributed by atoms with Gasteiger partial charge in [0.1, 0.15) is 12.2 Å². The number of hydrogen-bond donors (Lipinski definition) is 0. The summed E-state index contributed by atoms with van der Waals surface area (Å²) in [5, 5.41) is 0. The predicted octanol–water partition coefficient (Wildman–Crippen LogP) is 4.42. The maximum absolute atomic E-state index is 12.6. The summed E-state index contributed by atoms with van der Waals surface area (Å²) >= 11 is 0. The van der Waals surface area contributed by atoms with Crippen LogP contribution < -0.4 is 0 Å². The summed E-state index contributed by atoms with van der Waals surface area (Å²) in [5.74, 6) is -0.236. The number of ether oxygens (including phenoxy) is 3. The second kappa shape index (κ2) is 11.1. The maximum Gasteiger partial charge on any atom is 0.410 e. The lowest BCUT2D eigenvalue weighted by Gasteiger charge is -2.37. The molecule has 158 valence electrons.